The summed E-state index contributed by atoms with van der Waals surface area (Å²) in [7, 11) is 0. The fraction of sp³-hybridized carbons (Fsp3) is 0.333. The summed E-state index contributed by atoms with van der Waals surface area (Å²) in [6.45, 7) is 8.12. The molecule has 162 valence electrons. The molecule has 0 aliphatic carbocycles. The number of carbonyl (C=O) groups is 2. The Morgan fingerprint density at radius 3 is 2.29 bits per heavy atom. The second-order valence-electron chi connectivity index (χ2n) is 8.48. The molecule has 4 heteroatoms. The summed E-state index contributed by atoms with van der Waals surface area (Å²) in [5, 5.41) is 5.29. The third-order valence-electron chi connectivity index (χ3n) is 5.56. The minimum atomic E-state index is -0.538. The molecule has 0 spiro atoms. The Bertz CT molecular complexity index is 1040. The fourth-order valence-electron chi connectivity index (χ4n) is 3.77. The number of hydrogen-bond donors (Lipinski definition) is 1. The normalized spacial score (nSPS) is 12.0. The Balaban J connectivity index is 1.78. The van der Waals surface area contributed by atoms with Crippen LogP contribution in [0.25, 0.3) is 10.8 Å². The zero-order valence-corrected chi connectivity index (χ0v) is 18.9. The van der Waals surface area contributed by atoms with E-state index in [1.807, 2.05) is 70.2 Å². The molecular weight excluding hydrogens is 384 g/mol. The van der Waals surface area contributed by atoms with Crippen molar-refractivity contribution in [2.24, 2.45) is 0 Å². The third-order valence-corrected chi connectivity index (χ3v) is 5.56. The first-order chi connectivity index (χ1) is 14.8. The van der Waals surface area contributed by atoms with Gasteiger partial charge in [-0.3, -0.25) is 9.59 Å². The van der Waals surface area contributed by atoms with Gasteiger partial charge in [0.25, 0.3) is 0 Å². The molecule has 3 aromatic rings. The number of amides is 2. The van der Waals surface area contributed by atoms with Crippen molar-refractivity contribution < 1.29 is 9.59 Å². The maximum Gasteiger partial charge on any atom is 0.242 e. The summed E-state index contributed by atoms with van der Waals surface area (Å²) in [6, 6.07) is 22.0. The summed E-state index contributed by atoms with van der Waals surface area (Å²) in [5.74, 6) is -0.138. The SMILES string of the molecule is Cc1ccc(CN(C(=O)CCc2cccc3ccccc23)[C@H](C)C(=O)NC(C)C)cc1. The molecule has 31 heavy (non-hydrogen) atoms. The van der Waals surface area contributed by atoms with E-state index in [-0.39, 0.29) is 17.9 Å². The van der Waals surface area contributed by atoms with Crippen LogP contribution in [0.4, 0.5) is 0 Å². The number of hydrogen-bond acceptors (Lipinski definition) is 2. The van der Waals surface area contributed by atoms with Crippen molar-refractivity contribution in [1.29, 1.82) is 0 Å². The summed E-state index contributed by atoms with van der Waals surface area (Å²) in [6.07, 6.45) is 1.00. The summed E-state index contributed by atoms with van der Waals surface area (Å²) >= 11 is 0. The second-order valence-corrected chi connectivity index (χ2v) is 8.48. The van der Waals surface area contributed by atoms with Crippen LogP contribution in [0.2, 0.25) is 0 Å². The maximum absolute atomic E-state index is 13.3. The first-order valence-electron chi connectivity index (χ1n) is 11.0. The number of benzene rings is 3. The molecule has 4 nitrogen and oxygen atoms in total. The molecule has 0 fully saturated rings. The van der Waals surface area contributed by atoms with E-state index in [0.717, 1.165) is 11.1 Å². The van der Waals surface area contributed by atoms with Crippen molar-refractivity contribution in [2.45, 2.75) is 59.2 Å². The van der Waals surface area contributed by atoms with E-state index in [4.69, 9.17) is 0 Å². The molecule has 1 N–H and O–H groups in total. The molecule has 0 unspecified atom stereocenters. The van der Waals surface area contributed by atoms with Crippen LogP contribution in [0.15, 0.2) is 66.7 Å². The van der Waals surface area contributed by atoms with Gasteiger partial charge in [0.15, 0.2) is 0 Å². The lowest BCUT2D eigenvalue weighted by molar-refractivity contribution is -0.140. The average Bonchev–Trinajstić information content (AvgIpc) is 2.76. The van der Waals surface area contributed by atoms with Crippen LogP contribution in [0, 0.1) is 6.92 Å². The minimum absolute atomic E-state index is 0.0140. The Labute approximate surface area is 185 Å². The number of carbonyl (C=O) groups excluding carboxylic acids is 2. The molecular formula is C27H32N2O2. The molecule has 0 bridgehead atoms. The van der Waals surface area contributed by atoms with Crippen molar-refractivity contribution in [2.75, 3.05) is 0 Å². The van der Waals surface area contributed by atoms with Gasteiger partial charge in [0.05, 0.1) is 0 Å². The zero-order chi connectivity index (χ0) is 22.4. The van der Waals surface area contributed by atoms with Gasteiger partial charge in [-0.15, -0.1) is 0 Å². The van der Waals surface area contributed by atoms with E-state index < -0.39 is 6.04 Å². The predicted molar refractivity (Wildman–Crippen MR) is 127 cm³/mol. The highest BCUT2D eigenvalue weighted by Gasteiger charge is 2.26. The van der Waals surface area contributed by atoms with Crippen molar-refractivity contribution in [3.8, 4) is 0 Å². The molecule has 3 aromatic carbocycles. The number of nitrogens with zero attached hydrogens (tertiary/aromatic N) is 1. The topological polar surface area (TPSA) is 49.4 Å². The third kappa shape index (κ3) is 5.94. The van der Waals surface area contributed by atoms with Gasteiger partial charge in [0.1, 0.15) is 6.04 Å². The highest BCUT2D eigenvalue weighted by Crippen LogP contribution is 2.21. The van der Waals surface area contributed by atoms with Gasteiger partial charge in [0, 0.05) is 19.0 Å². The van der Waals surface area contributed by atoms with Crippen molar-refractivity contribution in [3.05, 3.63) is 83.4 Å². The molecule has 3 rings (SSSR count). The molecule has 0 radical (unpaired) electrons. The van der Waals surface area contributed by atoms with E-state index in [1.54, 1.807) is 4.90 Å². The van der Waals surface area contributed by atoms with E-state index in [9.17, 15) is 9.59 Å². The first-order valence-corrected chi connectivity index (χ1v) is 11.0. The van der Waals surface area contributed by atoms with Crippen LogP contribution < -0.4 is 5.32 Å². The lowest BCUT2D eigenvalue weighted by Crippen LogP contribution is -2.49. The lowest BCUT2D eigenvalue weighted by Gasteiger charge is -2.29. The summed E-state index contributed by atoms with van der Waals surface area (Å²) in [4.78, 5) is 27.7. The second kappa shape index (κ2) is 10.3. The molecule has 0 saturated heterocycles. The predicted octanol–water partition coefficient (Wildman–Crippen LogP) is 5.02. The lowest BCUT2D eigenvalue weighted by atomic mass is 10.0. The number of rotatable bonds is 8. The Hall–Kier alpha value is -3.14. The monoisotopic (exact) mass is 416 g/mol. The Kier molecular flexibility index (Phi) is 7.45. The van der Waals surface area contributed by atoms with Crippen LogP contribution in [0.1, 0.15) is 43.9 Å². The van der Waals surface area contributed by atoms with E-state index in [2.05, 4.69) is 29.6 Å². The number of nitrogens with one attached hydrogen (secondary N) is 1. The van der Waals surface area contributed by atoms with Crippen molar-refractivity contribution in [1.82, 2.24) is 10.2 Å². The molecule has 0 heterocycles. The molecule has 0 aliphatic rings. The average molecular weight is 417 g/mol. The van der Waals surface area contributed by atoms with Gasteiger partial charge in [-0.25, -0.2) is 0 Å². The molecule has 2 amide bonds. The van der Waals surface area contributed by atoms with Crippen LogP contribution in [-0.2, 0) is 22.6 Å². The summed E-state index contributed by atoms with van der Waals surface area (Å²) < 4.78 is 0. The van der Waals surface area contributed by atoms with Gasteiger partial charge in [-0.05, 0) is 56.0 Å². The van der Waals surface area contributed by atoms with Crippen LogP contribution in [0.5, 0.6) is 0 Å². The number of aryl methyl sites for hydroxylation is 2. The smallest absolute Gasteiger partial charge is 0.242 e. The quantitative estimate of drug-likeness (QED) is 0.560. The Morgan fingerprint density at radius 2 is 1.58 bits per heavy atom. The maximum atomic E-state index is 13.3. The van der Waals surface area contributed by atoms with Crippen LogP contribution in [0.3, 0.4) is 0 Å². The highest BCUT2D eigenvalue weighted by molar-refractivity contribution is 5.89. The molecule has 1 atom stereocenters. The zero-order valence-electron chi connectivity index (χ0n) is 18.9. The standard InChI is InChI=1S/C27H32N2O2/c1-19(2)28-27(31)21(4)29(18-22-14-12-20(3)13-15-22)26(30)17-16-24-10-7-9-23-8-5-6-11-25(23)24/h5-15,19,21H,16-18H2,1-4H3,(H,28,31)/t21-/m1/s1. The van der Waals surface area contributed by atoms with E-state index in [0.29, 0.717) is 19.4 Å². The Morgan fingerprint density at radius 1 is 0.903 bits per heavy atom. The van der Waals surface area contributed by atoms with Gasteiger partial charge in [-0.2, -0.15) is 0 Å². The van der Waals surface area contributed by atoms with Crippen LogP contribution in [-0.4, -0.2) is 28.8 Å². The fourth-order valence-corrected chi connectivity index (χ4v) is 3.77. The van der Waals surface area contributed by atoms with E-state index >= 15 is 0 Å². The summed E-state index contributed by atoms with van der Waals surface area (Å²) in [5.41, 5.74) is 3.34. The molecule has 0 saturated carbocycles. The van der Waals surface area contributed by atoms with Gasteiger partial charge in [-0.1, -0.05) is 72.3 Å². The van der Waals surface area contributed by atoms with Crippen molar-refractivity contribution in [3.63, 3.8) is 0 Å². The van der Waals surface area contributed by atoms with Crippen LogP contribution >= 0.6 is 0 Å². The van der Waals surface area contributed by atoms with E-state index in [1.165, 1.54) is 16.3 Å². The first kappa shape index (κ1) is 22.5. The molecule has 0 aliphatic heterocycles. The highest BCUT2D eigenvalue weighted by atomic mass is 16.2. The van der Waals surface area contributed by atoms with Gasteiger partial charge < -0.3 is 10.2 Å². The largest absolute Gasteiger partial charge is 0.352 e. The van der Waals surface area contributed by atoms with Gasteiger partial charge >= 0.3 is 0 Å². The van der Waals surface area contributed by atoms with Gasteiger partial charge in [0.2, 0.25) is 11.8 Å². The van der Waals surface area contributed by atoms with Crippen molar-refractivity contribution >= 4 is 22.6 Å². The number of fused-ring (bicyclic) bond motifs is 1. The minimum Gasteiger partial charge on any atom is -0.352 e. The molecule has 0 aromatic heterocycles.